The summed E-state index contributed by atoms with van der Waals surface area (Å²) >= 11 is 4.89. The fourth-order valence-electron chi connectivity index (χ4n) is 1.29. The molecule has 90 valence electrons. The van der Waals surface area contributed by atoms with Gasteiger partial charge in [-0.1, -0.05) is 6.92 Å². The maximum atomic E-state index is 5.52. The van der Waals surface area contributed by atoms with Crippen LogP contribution in [0, 0.1) is 0 Å². The third kappa shape index (κ3) is 3.71. The lowest BCUT2D eigenvalue weighted by Crippen LogP contribution is -1.95. The Labute approximate surface area is 113 Å². The van der Waals surface area contributed by atoms with Crippen molar-refractivity contribution in [1.29, 1.82) is 0 Å². The van der Waals surface area contributed by atoms with Gasteiger partial charge in [0.2, 0.25) is 0 Å². The molecule has 1 N–H and O–H groups in total. The van der Waals surface area contributed by atoms with Gasteiger partial charge < -0.3 is 10.1 Å². The van der Waals surface area contributed by atoms with Gasteiger partial charge in [-0.05, 0) is 46.6 Å². The Morgan fingerprint density at radius 2 is 2.12 bits per heavy atom. The van der Waals surface area contributed by atoms with Gasteiger partial charge in [-0.2, -0.15) is 0 Å². The first-order chi connectivity index (χ1) is 8.28. The van der Waals surface area contributed by atoms with E-state index >= 15 is 0 Å². The van der Waals surface area contributed by atoms with Crippen molar-refractivity contribution in [3.8, 4) is 5.75 Å². The van der Waals surface area contributed by atoms with Crippen molar-refractivity contribution in [2.75, 3.05) is 11.9 Å². The standard InChI is InChI=1S/C12H13BrN2OS/c1-2-7-16-10-5-3-9(4-6-10)14-12-15-11(13)8-17-12/h3-6,8H,2,7H2,1H3,(H,14,15). The second-order valence-corrected chi connectivity index (χ2v) is 5.14. The van der Waals surface area contributed by atoms with Crippen LogP contribution in [0.4, 0.5) is 10.8 Å². The van der Waals surface area contributed by atoms with Gasteiger partial charge in [0.25, 0.3) is 0 Å². The summed E-state index contributed by atoms with van der Waals surface area (Å²) in [5, 5.41) is 6.05. The number of halogens is 1. The fraction of sp³-hybridized carbons (Fsp3) is 0.250. The van der Waals surface area contributed by atoms with E-state index in [0.717, 1.165) is 34.2 Å². The zero-order valence-corrected chi connectivity index (χ0v) is 11.8. The minimum absolute atomic E-state index is 0.756. The molecule has 5 heteroatoms. The molecule has 17 heavy (non-hydrogen) atoms. The molecule has 0 aliphatic carbocycles. The minimum atomic E-state index is 0.756. The molecule has 3 nitrogen and oxygen atoms in total. The molecule has 0 aliphatic rings. The average molecular weight is 313 g/mol. The van der Waals surface area contributed by atoms with Crippen LogP contribution in [0.3, 0.4) is 0 Å². The first-order valence-corrected chi connectivity index (χ1v) is 7.06. The summed E-state index contributed by atoms with van der Waals surface area (Å²) in [7, 11) is 0. The highest BCUT2D eigenvalue weighted by atomic mass is 79.9. The second-order valence-electron chi connectivity index (χ2n) is 3.47. The second kappa shape index (κ2) is 6.02. The molecular weight excluding hydrogens is 300 g/mol. The number of benzene rings is 1. The van der Waals surface area contributed by atoms with Gasteiger partial charge >= 0.3 is 0 Å². The number of ether oxygens (including phenoxy) is 1. The summed E-state index contributed by atoms with van der Waals surface area (Å²) in [4.78, 5) is 4.27. The Hall–Kier alpha value is -1.07. The predicted molar refractivity (Wildman–Crippen MR) is 75.3 cm³/mol. The van der Waals surface area contributed by atoms with Crippen molar-refractivity contribution in [1.82, 2.24) is 4.98 Å². The van der Waals surface area contributed by atoms with E-state index < -0.39 is 0 Å². The molecule has 0 spiro atoms. The van der Waals surface area contributed by atoms with Crippen LogP contribution in [0.25, 0.3) is 0 Å². The Morgan fingerprint density at radius 1 is 1.35 bits per heavy atom. The molecule has 1 aromatic heterocycles. The van der Waals surface area contributed by atoms with Crippen molar-refractivity contribution in [3.05, 3.63) is 34.2 Å². The molecule has 0 fully saturated rings. The molecule has 2 aromatic rings. The molecule has 0 saturated carbocycles. The van der Waals surface area contributed by atoms with Crippen molar-refractivity contribution in [3.63, 3.8) is 0 Å². The van der Waals surface area contributed by atoms with Gasteiger partial charge in [0, 0.05) is 11.1 Å². The fourth-order valence-corrected chi connectivity index (χ4v) is 2.45. The first-order valence-electron chi connectivity index (χ1n) is 5.39. The molecule has 2 rings (SSSR count). The quantitative estimate of drug-likeness (QED) is 0.886. The smallest absolute Gasteiger partial charge is 0.188 e. The van der Waals surface area contributed by atoms with Gasteiger partial charge in [0.05, 0.1) is 6.61 Å². The van der Waals surface area contributed by atoms with E-state index in [4.69, 9.17) is 4.74 Å². The minimum Gasteiger partial charge on any atom is -0.494 e. The zero-order chi connectivity index (χ0) is 12.1. The SMILES string of the molecule is CCCOc1ccc(Nc2nc(Br)cs2)cc1. The van der Waals surface area contributed by atoms with E-state index in [1.54, 1.807) is 11.3 Å². The summed E-state index contributed by atoms with van der Waals surface area (Å²) < 4.78 is 6.37. The monoisotopic (exact) mass is 312 g/mol. The highest BCUT2D eigenvalue weighted by molar-refractivity contribution is 9.10. The lowest BCUT2D eigenvalue weighted by molar-refractivity contribution is 0.317. The number of aromatic nitrogens is 1. The molecule has 0 amide bonds. The number of rotatable bonds is 5. The molecule has 0 bridgehead atoms. The van der Waals surface area contributed by atoms with Crippen LogP contribution in [-0.2, 0) is 0 Å². The van der Waals surface area contributed by atoms with Crippen molar-refractivity contribution < 1.29 is 4.74 Å². The summed E-state index contributed by atoms with van der Waals surface area (Å²) in [6.07, 6.45) is 1.02. The van der Waals surface area contributed by atoms with Crippen molar-refractivity contribution >= 4 is 38.1 Å². The molecule has 1 heterocycles. The zero-order valence-electron chi connectivity index (χ0n) is 9.44. The van der Waals surface area contributed by atoms with Gasteiger partial charge in [-0.15, -0.1) is 11.3 Å². The van der Waals surface area contributed by atoms with Crippen molar-refractivity contribution in [2.45, 2.75) is 13.3 Å². The van der Waals surface area contributed by atoms with Crippen LogP contribution in [0.5, 0.6) is 5.75 Å². The summed E-state index contributed by atoms with van der Waals surface area (Å²) in [6.45, 7) is 2.85. The van der Waals surface area contributed by atoms with Gasteiger partial charge in [0.15, 0.2) is 5.13 Å². The molecule has 1 aromatic carbocycles. The molecule has 0 saturated heterocycles. The molecule has 0 unspecified atom stereocenters. The molecular formula is C12H13BrN2OS. The van der Waals surface area contributed by atoms with Crippen LogP contribution >= 0.6 is 27.3 Å². The van der Waals surface area contributed by atoms with Crippen molar-refractivity contribution in [2.24, 2.45) is 0 Å². The number of nitrogens with one attached hydrogen (secondary N) is 1. The first kappa shape index (κ1) is 12.4. The summed E-state index contributed by atoms with van der Waals surface area (Å²) in [5.74, 6) is 0.901. The van der Waals surface area contributed by atoms with Crippen LogP contribution in [0.1, 0.15) is 13.3 Å². The summed E-state index contributed by atoms with van der Waals surface area (Å²) in [5.41, 5.74) is 1.01. The maximum Gasteiger partial charge on any atom is 0.188 e. The van der Waals surface area contributed by atoms with Crippen LogP contribution < -0.4 is 10.1 Å². The molecule has 0 aliphatic heterocycles. The Bertz CT molecular complexity index is 470. The average Bonchev–Trinajstić information content (AvgIpc) is 2.74. The largest absolute Gasteiger partial charge is 0.494 e. The lowest BCUT2D eigenvalue weighted by Gasteiger charge is -2.06. The number of anilines is 2. The molecule has 0 atom stereocenters. The Kier molecular flexibility index (Phi) is 4.39. The normalized spacial score (nSPS) is 10.2. The van der Waals surface area contributed by atoms with Gasteiger partial charge in [-0.25, -0.2) is 4.98 Å². The van der Waals surface area contributed by atoms with E-state index in [2.05, 4.69) is 33.2 Å². The van der Waals surface area contributed by atoms with E-state index in [0.29, 0.717) is 0 Å². The van der Waals surface area contributed by atoms with E-state index in [9.17, 15) is 0 Å². The van der Waals surface area contributed by atoms with Crippen LogP contribution in [0.15, 0.2) is 34.2 Å². The highest BCUT2D eigenvalue weighted by Crippen LogP contribution is 2.24. The third-order valence-corrected chi connectivity index (χ3v) is 3.52. The number of thiazole rings is 1. The van der Waals surface area contributed by atoms with Crippen LogP contribution in [-0.4, -0.2) is 11.6 Å². The number of hydrogen-bond acceptors (Lipinski definition) is 4. The van der Waals surface area contributed by atoms with E-state index in [-0.39, 0.29) is 0 Å². The Balaban J connectivity index is 1.98. The van der Waals surface area contributed by atoms with Gasteiger partial charge in [0.1, 0.15) is 10.4 Å². The predicted octanol–water partition coefficient (Wildman–Crippen LogP) is 4.44. The topological polar surface area (TPSA) is 34.1 Å². The molecule has 0 radical (unpaired) electrons. The van der Waals surface area contributed by atoms with E-state index in [1.807, 2.05) is 29.6 Å². The summed E-state index contributed by atoms with van der Waals surface area (Å²) in [6, 6.07) is 7.89. The van der Waals surface area contributed by atoms with Crippen LogP contribution in [0.2, 0.25) is 0 Å². The Morgan fingerprint density at radius 3 is 2.71 bits per heavy atom. The maximum absolute atomic E-state index is 5.52. The number of hydrogen-bond donors (Lipinski definition) is 1. The van der Waals surface area contributed by atoms with Gasteiger partial charge in [-0.3, -0.25) is 0 Å². The highest BCUT2D eigenvalue weighted by Gasteiger charge is 2.00. The lowest BCUT2D eigenvalue weighted by atomic mass is 10.3. The third-order valence-electron chi connectivity index (χ3n) is 2.05. The van der Waals surface area contributed by atoms with E-state index in [1.165, 1.54) is 0 Å². The number of nitrogens with zero attached hydrogens (tertiary/aromatic N) is 1.